The number of aromatic nitrogens is 2. The van der Waals surface area contributed by atoms with Gasteiger partial charge in [0.1, 0.15) is 11.6 Å². The number of sulfonamides is 1. The van der Waals surface area contributed by atoms with Crippen molar-refractivity contribution in [2.75, 3.05) is 19.6 Å². The Labute approximate surface area is 188 Å². The molecule has 0 aliphatic carbocycles. The number of carbonyl (C=O) groups is 1. The standard InChI is InChI=1S/C20H24F4N4O4S/c1-27-12-10-26-18(27)19(30,20(22,23)24)8-9-25-17(29)14-3-2-11-28(13-14)33(31,32)16-6-4-15(21)5-7-16/h4-7,10,12,14,30H,2-3,8-9,11,13H2,1H3,(H,25,29)/t14-,19+/m0/s1. The first-order valence-corrected chi connectivity index (χ1v) is 11.6. The number of hydrogen-bond acceptors (Lipinski definition) is 5. The van der Waals surface area contributed by atoms with E-state index in [0.717, 1.165) is 39.3 Å². The first-order valence-electron chi connectivity index (χ1n) is 10.2. The molecule has 1 aromatic carbocycles. The van der Waals surface area contributed by atoms with Crippen LogP contribution in [0.3, 0.4) is 0 Å². The molecule has 2 aromatic rings. The summed E-state index contributed by atoms with van der Waals surface area (Å²) >= 11 is 0. The van der Waals surface area contributed by atoms with Crippen molar-refractivity contribution in [1.29, 1.82) is 0 Å². The molecular weight excluding hydrogens is 468 g/mol. The number of aliphatic hydroxyl groups is 1. The minimum absolute atomic E-state index is 0.115. The molecule has 0 unspecified atom stereocenters. The highest BCUT2D eigenvalue weighted by Crippen LogP contribution is 2.40. The first kappa shape index (κ1) is 25.1. The maximum atomic E-state index is 13.6. The average molecular weight is 492 g/mol. The Morgan fingerprint density at radius 2 is 1.94 bits per heavy atom. The molecule has 33 heavy (non-hydrogen) atoms. The molecule has 2 heterocycles. The quantitative estimate of drug-likeness (QED) is 0.575. The van der Waals surface area contributed by atoms with E-state index in [9.17, 15) is 35.9 Å². The van der Waals surface area contributed by atoms with E-state index in [1.54, 1.807) is 0 Å². The van der Waals surface area contributed by atoms with Crippen LogP contribution in [-0.4, -0.2) is 59.1 Å². The van der Waals surface area contributed by atoms with E-state index in [1.807, 2.05) is 0 Å². The number of nitrogens with zero attached hydrogens (tertiary/aromatic N) is 3. The van der Waals surface area contributed by atoms with Gasteiger partial charge in [0.25, 0.3) is 0 Å². The highest BCUT2D eigenvalue weighted by molar-refractivity contribution is 7.89. The zero-order valence-corrected chi connectivity index (χ0v) is 18.5. The van der Waals surface area contributed by atoms with E-state index in [4.69, 9.17) is 0 Å². The summed E-state index contributed by atoms with van der Waals surface area (Å²) in [5.74, 6) is -2.58. The molecule has 1 amide bonds. The predicted molar refractivity (Wildman–Crippen MR) is 109 cm³/mol. The van der Waals surface area contributed by atoms with Gasteiger partial charge in [-0.1, -0.05) is 0 Å². The van der Waals surface area contributed by atoms with Crippen molar-refractivity contribution in [3.05, 3.63) is 48.3 Å². The maximum absolute atomic E-state index is 13.6. The van der Waals surface area contributed by atoms with Crippen molar-refractivity contribution in [2.24, 2.45) is 13.0 Å². The van der Waals surface area contributed by atoms with E-state index >= 15 is 0 Å². The largest absolute Gasteiger partial charge is 0.424 e. The molecule has 0 spiro atoms. The van der Waals surface area contributed by atoms with Crippen LogP contribution in [0.5, 0.6) is 0 Å². The van der Waals surface area contributed by atoms with Crippen LogP contribution in [0.1, 0.15) is 25.1 Å². The average Bonchev–Trinajstić information content (AvgIpc) is 3.19. The number of carbonyl (C=O) groups excluding carboxylic acids is 1. The van der Waals surface area contributed by atoms with Gasteiger partial charge in [0.2, 0.25) is 21.5 Å². The summed E-state index contributed by atoms with van der Waals surface area (Å²) in [6.07, 6.45) is -2.77. The number of rotatable bonds is 7. The van der Waals surface area contributed by atoms with Crippen molar-refractivity contribution in [3.8, 4) is 0 Å². The van der Waals surface area contributed by atoms with E-state index in [0.29, 0.717) is 12.8 Å². The maximum Gasteiger partial charge on any atom is 0.424 e. The molecule has 0 radical (unpaired) electrons. The fraction of sp³-hybridized carbons (Fsp3) is 0.500. The minimum atomic E-state index is -5.03. The number of imidazole rings is 1. The van der Waals surface area contributed by atoms with Gasteiger partial charge in [-0.25, -0.2) is 17.8 Å². The second kappa shape index (κ2) is 9.39. The Morgan fingerprint density at radius 1 is 1.27 bits per heavy atom. The van der Waals surface area contributed by atoms with Gasteiger partial charge >= 0.3 is 6.18 Å². The molecule has 182 valence electrons. The Kier molecular flexibility index (Phi) is 7.15. The summed E-state index contributed by atoms with van der Waals surface area (Å²) in [5, 5.41) is 12.7. The normalized spacial score (nSPS) is 19.8. The van der Waals surface area contributed by atoms with Gasteiger partial charge in [0, 0.05) is 45.5 Å². The van der Waals surface area contributed by atoms with Crippen LogP contribution in [-0.2, 0) is 27.5 Å². The lowest BCUT2D eigenvalue weighted by atomic mass is 9.96. The van der Waals surface area contributed by atoms with Gasteiger partial charge in [-0.3, -0.25) is 4.79 Å². The second-order valence-electron chi connectivity index (χ2n) is 7.92. The van der Waals surface area contributed by atoms with Crippen LogP contribution >= 0.6 is 0 Å². The zero-order chi connectivity index (χ0) is 24.4. The Bertz CT molecular complexity index is 1090. The summed E-state index contributed by atoms with van der Waals surface area (Å²) < 4.78 is 81.6. The van der Waals surface area contributed by atoms with E-state index in [-0.39, 0.29) is 18.0 Å². The van der Waals surface area contributed by atoms with Crippen LogP contribution < -0.4 is 5.32 Å². The highest BCUT2D eigenvalue weighted by atomic mass is 32.2. The van der Waals surface area contributed by atoms with Crippen molar-refractivity contribution in [2.45, 2.75) is 35.9 Å². The third-order valence-corrected chi connectivity index (χ3v) is 7.53. The SMILES string of the molecule is Cn1ccnc1[C@](O)(CCNC(=O)[C@H]1CCCN(S(=O)(=O)c2ccc(F)cc2)C1)C(F)(F)F. The van der Waals surface area contributed by atoms with Gasteiger partial charge in [-0.05, 0) is 37.1 Å². The van der Waals surface area contributed by atoms with Gasteiger partial charge in [-0.2, -0.15) is 17.5 Å². The van der Waals surface area contributed by atoms with E-state index in [1.165, 1.54) is 13.2 Å². The molecule has 1 saturated heterocycles. The number of halogens is 4. The molecule has 13 heteroatoms. The number of piperidine rings is 1. The molecule has 8 nitrogen and oxygen atoms in total. The van der Waals surface area contributed by atoms with Crippen LogP contribution in [0.2, 0.25) is 0 Å². The van der Waals surface area contributed by atoms with Gasteiger partial charge in [0.15, 0.2) is 0 Å². The molecule has 2 atom stereocenters. The van der Waals surface area contributed by atoms with Crippen LogP contribution in [0.25, 0.3) is 0 Å². The molecule has 0 bridgehead atoms. The fourth-order valence-corrected chi connectivity index (χ4v) is 5.31. The molecule has 1 aromatic heterocycles. The number of benzene rings is 1. The number of alkyl halides is 3. The highest BCUT2D eigenvalue weighted by Gasteiger charge is 2.57. The zero-order valence-electron chi connectivity index (χ0n) is 17.7. The second-order valence-corrected chi connectivity index (χ2v) is 9.85. The predicted octanol–water partition coefficient (Wildman–Crippen LogP) is 1.92. The van der Waals surface area contributed by atoms with Crippen LogP contribution in [0.15, 0.2) is 41.6 Å². The Hall–Kier alpha value is -2.51. The number of aryl methyl sites for hydroxylation is 1. The van der Waals surface area contributed by atoms with Crippen LogP contribution in [0.4, 0.5) is 17.6 Å². The van der Waals surface area contributed by atoms with Crippen molar-refractivity contribution in [1.82, 2.24) is 19.2 Å². The minimum Gasteiger partial charge on any atom is -0.374 e. The third-order valence-electron chi connectivity index (χ3n) is 5.65. The summed E-state index contributed by atoms with van der Waals surface area (Å²) in [6, 6.07) is 4.29. The summed E-state index contributed by atoms with van der Waals surface area (Å²) in [7, 11) is -2.64. The van der Waals surface area contributed by atoms with Crippen molar-refractivity contribution < 1.29 is 35.9 Å². The van der Waals surface area contributed by atoms with Gasteiger partial charge < -0.3 is 15.0 Å². The first-order chi connectivity index (χ1) is 15.4. The van der Waals surface area contributed by atoms with Gasteiger partial charge in [0.05, 0.1) is 10.8 Å². The molecular formula is C20H24F4N4O4S. The van der Waals surface area contributed by atoms with Crippen LogP contribution in [0, 0.1) is 11.7 Å². The van der Waals surface area contributed by atoms with E-state index in [2.05, 4.69) is 10.3 Å². The molecule has 2 N–H and O–H groups in total. The molecule has 1 fully saturated rings. The lowest BCUT2D eigenvalue weighted by molar-refractivity contribution is -0.272. The number of nitrogens with one attached hydrogen (secondary N) is 1. The number of hydrogen-bond donors (Lipinski definition) is 2. The van der Waals surface area contributed by atoms with Gasteiger partial charge in [-0.15, -0.1) is 0 Å². The summed E-state index contributed by atoms with van der Waals surface area (Å²) in [5.41, 5.74) is -3.26. The molecule has 0 saturated carbocycles. The molecule has 1 aliphatic rings. The van der Waals surface area contributed by atoms with E-state index < -0.39 is 58.2 Å². The molecule has 3 rings (SSSR count). The lowest BCUT2D eigenvalue weighted by Gasteiger charge is -2.32. The van der Waals surface area contributed by atoms with Crippen molar-refractivity contribution >= 4 is 15.9 Å². The Morgan fingerprint density at radius 3 is 2.52 bits per heavy atom. The summed E-state index contributed by atoms with van der Waals surface area (Å²) in [4.78, 5) is 16.1. The fourth-order valence-electron chi connectivity index (χ4n) is 3.79. The Balaban J connectivity index is 1.64. The lowest BCUT2D eigenvalue weighted by Crippen LogP contribution is -2.48. The monoisotopic (exact) mass is 492 g/mol. The molecule has 1 aliphatic heterocycles. The smallest absolute Gasteiger partial charge is 0.374 e. The summed E-state index contributed by atoms with van der Waals surface area (Å²) in [6.45, 7) is -0.492. The topological polar surface area (TPSA) is 105 Å². The third kappa shape index (κ3) is 5.20. The number of amides is 1. The van der Waals surface area contributed by atoms with Crippen molar-refractivity contribution in [3.63, 3.8) is 0 Å².